The molecule has 1 saturated heterocycles. The van der Waals surface area contributed by atoms with Crippen LogP contribution in [0.3, 0.4) is 0 Å². The van der Waals surface area contributed by atoms with Crippen molar-refractivity contribution in [3.8, 4) is 0 Å². The van der Waals surface area contributed by atoms with Crippen LogP contribution in [0.25, 0.3) is 0 Å². The number of hydrogen-bond acceptors (Lipinski definition) is 6. The summed E-state index contributed by atoms with van der Waals surface area (Å²) in [5, 5.41) is 3.21. The monoisotopic (exact) mass is 331 g/mol. The molecule has 3 rings (SSSR count). The Kier molecular flexibility index (Phi) is 4.88. The minimum atomic E-state index is 0.131. The molecule has 0 bridgehead atoms. The topological polar surface area (TPSA) is 75.4 Å². The van der Waals surface area contributed by atoms with E-state index in [1.165, 1.54) is 0 Å². The van der Waals surface area contributed by atoms with Gasteiger partial charge in [0.2, 0.25) is 5.91 Å². The molecule has 1 aliphatic rings. The lowest BCUT2D eigenvalue weighted by molar-refractivity contribution is -0.132. The molecule has 2 N–H and O–H groups in total. The third-order valence-electron chi connectivity index (χ3n) is 3.96. The van der Waals surface area contributed by atoms with Crippen LogP contribution in [-0.2, 0) is 17.8 Å². The predicted octanol–water partition coefficient (Wildman–Crippen LogP) is 1.32. The summed E-state index contributed by atoms with van der Waals surface area (Å²) < 4.78 is 0. The van der Waals surface area contributed by atoms with Gasteiger partial charge in [0.25, 0.3) is 0 Å². The predicted molar refractivity (Wildman–Crippen MR) is 91.1 cm³/mol. The molecule has 0 unspecified atom stereocenters. The van der Waals surface area contributed by atoms with Gasteiger partial charge < -0.3 is 10.6 Å². The largest absolute Gasteiger partial charge is 0.397 e. The summed E-state index contributed by atoms with van der Waals surface area (Å²) in [6, 6.07) is 3.59. The minimum Gasteiger partial charge on any atom is -0.397 e. The molecule has 2 aromatic rings. The number of aryl methyl sites for hydroxylation is 1. The summed E-state index contributed by atoms with van der Waals surface area (Å²) in [5.41, 5.74) is 8.12. The first-order valence-electron chi connectivity index (χ1n) is 7.72. The maximum absolute atomic E-state index is 12.3. The van der Waals surface area contributed by atoms with E-state index < -0.39 is 0 Å². The first-order valence-corrected chi connectivity index (χ1v) is 8.59. The molecule has 0 aromatic carbocycles. The van der Waals surface area contributed by atoms with Gasteiger partial charge in [-0.2, -0.15) is 0 Å². The number of rotatable bonds is 4. The molecular formula is C16H21N5OS. The SMILES string of the molecule is Cc1nc(CN2CCN(C(=O)Cc3ccc(N)cn3)CC2)cs1. The van der Waals surface area contributed by atoms with E-state index in [-0.39, 0.29) is 5.91 Å². The van der Waals surface area contributed by atoms with Crippen molar-refractivity contribution in [2.24, 2.45) is 0 Å². The molecule has 1 fully saturated rings. The Morgan fingerprint density at radius 1 is 1.26 bits per heavy atom. The lowest BCUT2D eigenvalue weighted by atomic mass is 10.2. The third kappa shape index (κ3) is 4.27. The fourth-order valence-electron chi connectivity index (χ4n) is 2.67. The van der Waals surface area contributed by atoms with Crippen molar-refractivity contribution < 1.29 is 4.79 Å². The Morgan fingerprint density at radius 2 is 2.04 bits per heavy atom. The highest BCUT2D eigenvalue weighted by Crippen LogP contribution is 2.13. The molecule has 1 amide bonds. The molecule has 0 aliphatic carbocycles. The summed E-state index contributed by atoms with van der Waals surface area (Å²) in [5.74, 6) is 0.131. The Labute approximate surface area is 140 Å². The molecule has 122 valence electrons. The molecule has 23 heavy (non-hydrogen) atoms. The number of nitrogen functional groups attached to an aromatic ring is 1. The normalized spacial score (nSPS) is 15.8. The molecule has 6 nitrogen and oxygen atoms in total. The molecule has 0 spiro atoms. The molecular weight excluding hydrogens is 310 g/mol. The van der Waals surface area contributed by atoms with Gasteiger partial charge in [-0.3, -0.25) is 14.7 Å². The Balaban J connectivity index is 1.48. The highest BCUT2D eigenvalue weighted by molar-refractivity contribution is 7.09. The van der Waals surface area contributed by atoms with Crippen LogP contribution >= 0.6 is 11.3 Å². The van der Waals surface area contributed by atoms with E-state index >= 15 is 0 Å². The standard InChI is InChI=1S/C16H21N5OS/c1-12-19-15(11-23-12)10-20-4-6-21(7-5-20)16(22)8-14-3-2-13(17)9-18-14/h2-3,9,11H,4-8,10,17H2,1H3. The van der Waals surface area contributed by atoms with Crippen LogP contribution in [0.4, 0.5) is 5.69 Å². The van der Waals surface area contributed by atoms with Gasteiger partial charge in [0.15, 0.2) is 0 Å². The van der Waals surface area contributed by atoms with Crippen LogP contribution in [-0.4, -0.2) is 51.9 Å². The second-order valence-corrected chi connectivity index (χ2v) is 6.84. The summed E-state index contributed by atoms with van der Waals surface area (Å²) in [6.45, 7) is 6.19. The second-order valence-electron chi connectivity index (χ2n) is 5.77. The molecule has 3 heterocycles. The number of pyridine rings is 1. The molecule has 7 heteroatoms. The summed E-state index contributed by atoms with van der Waals surface area (Å²) in [4.78, 5) is 25.3. The van der Waals surface area contributed by atoms with E-state index in [1.807, 2.05) is 17.9 Å². The fraction of sp³-hybridized carbons (Fsp3) is 0.438. The number of hydrogen-bond donors (Lipinski definition) is 1. The Bertz CT molecular complexity index is 661. The molecule has 0 saturated carbocycles. The van der Waals surface area contributed by atoms with Crippen molar-refractivity contribution in [2.75, 3.05) is 31.9 Å². The number of carbonyl (C=O) groups is 1. The van der Waals surface area contributed by atoms with Crippen molar-refractivity contribution in [3.63, 3.8) is 0 Å². The highest BCUT2D eigenvalue weighted by atomic mass is 32.1. The second kappa shape index (κ2) is 7.06. The first-order chi connectivity index (χ1) is 11.1. The van der Waals surface area contributed by atoms with E-state index in [2.05, 4.69) is 20.2 Å². The van der Waals surface area contributed by atoms with Gasteiger partial charge in [0.1, 0.15) is 0 Å². The molecule has 1 aliphatic heterocycles. The van der Waals surface area contributed by atoms with E-state index in [1.54, 1.807) is 23.6 Å². The lowest BCUT2D eigenvalue weighted by Crippen LogP contribution is -2.48. The van der Waals surface area contributed by atoms with Crippen molar-refractivity contribution in [1.29, 1.82) is 0 Å². The Hall–Kier alpha value is -1.99. The van der Waals surface area contributed by atoms with Gasteiger partial charge >= 0.3 is 0 Å². The van der Waals surface area contributed by atoms with Gasteiger partial charge in [-0.25, -0.2) is 4.98 Å². The highest BCUT2D eigenvalue weighted by Gasteiger charge is 2.21. The number of nitrogens with zero attached hydrogens (tertiary/aromatic N) is 4. The summed E-state index contributed by atoms with van der Waals surface area (Å²) >= 11 is 1.68. The van der Waals surface area contributed by atoms with Crippen molar-refractivity contribution in [3.05, 3.63) is 40.1 Å². The van der Waals surface area contributed by atoms with Crippen LogP contribution in [0.5, 0.6) is 0 Å². The summed E-state index contributed by atoms with van der Waals surface area (Å²) in [7, 11) is 0. The van der Waals surface area contributed by atoms with Crippen LogP contribution in [0.2, 0.25) is 0 Å². The summed E-state index contributed by atoms with van der Waals surface area (Å²) in [6.07, 6.45) is 1.93. The molecule has 0 radical (unpaired) electrons. The van der Waals surface area contributed by atoms with Gasteiger partial charge in [0, 0.05) is 43.8 Å². The van der Waals surface area contributed by atoms with E-state index in [9.17, 15) is 4.79 Å². The number of amides is 1. The number of carbonyl (C=O) groups excluding carboxylic acids is 1. The molecule has 2 aromatic heterocycles. The van der Waals surface area contributed by atoms with Crippen molar-refractivity contribution >= 4 is 22.9 Å². The zero-order chi connectivity index (χ0) is 16.2. The molecule has 0 atom stereocenters. The quantitative estimate of drug-likeness (QED) is 0.914. The first kappa shape index (κ1) is 15.9. The van der Waals surface area contributed by atoms with Gasteiger partial charge in [-0.15, -0.1) is 11.3 Å². The smallest absolute Gasteiger partial charge is 0.228 e. The maximum atomic E-state index is 12.3. The van der Waals surface area contributed by atoms with E-state index in [4.69, 9.17) is 5.73 Å². The van der Waals surface area contributed by atoms with Gasteiger partial charge in [0.05, 0.1) is 29.0 Å². The number of anilines is 1. The fourth-order valence-corrected chi connectivity index (χ4v) is 3.28. The maximum Gasteiger partial charge on any atom is 0.228 e. The van der Waals surface area contributed by atoms with E-state index in [0.717, 1.165) is 49.1 Å². The Morgan fingerprint density at radius 3 is 2.65 bits per heavy atom. The van der Waals surface area contributed by atoms with Crippen LogP contribution in [0.1, 0.15) is 16.4 Å². The minimum absolute atomic E-state index is 0.131. The third-order valence-corrected chi connectivity index (χ3v) is 4.78. The van der Waals surface area contributed by atoms with Crippen molar-refractivity contribution in [1.82, 2.24) is 19.8 Å². The number of aromatic nitrogens is 2. The zero-order valence-corrected chi connectivity index (χ0v) is 14.1. The average Bonchev–Trinajstić information content (AvgIpc) is 2.95. The number of nitrogens with two attached hydrogens (primary N) is 1. The van der Waals surface area contributed by atoms with Crippen LogP contribution in [0, 0.1) is 6.92 Å². The zero-order valence-electron chi connectivity index (χ0n) is 13.2. The number of piperazine rings is 1. The van der Waals surface area contributed by atoms with Crippen LogP contribution < -0.4 is 5.73 Å². The van der Waals surface area contributed by atoms with Crippen LogP contribution in [0.15, 0.2) is 23.7 Å². The number of thiazole rings is 1. The van der Waals surface area contributed by atoms with Crippen molar-refractivity contribution in [2.45, 2.75) is 19.9 Å². The van der Waals surface area contributed by atoms with Gasteiger partial charge in [-0.05, 0) is 19.1 Å². The lowest BCUT2D eigenvalue weighted by Gasteiger charge is -2.34. The van der Waals surface area contributed by atoms with Gasteiger partial charge in [-0.1, -0.05) is 0 Å². The van der Waals surface area contributed by atoms with E-state index in [0.29, 0.717) is 12.1 Å². The average molecular weight is 331 g/mol.